The van der Waals surface area contributed by atoms with Crippen LogP contribution in [0.4, 0.5) is 0 Å². The van der Waals surface area contributed by atoms with Crippen molar-refractivity contribution >= 4 is 11.9 Å². The molecule has 10 heavy (non-hydrogen) atoms. The second-order valence-electron chi connectivity index (χ2n) is 1.50. The summed E-state index contributed by atoms with van der Waals surface area (Å²) >= 11 is 0. The lowest BCUT2D eigenvalue weighted by molar-refractivity contribution is -0.116. The Labute approximate surface area is 58.2 Å². The Morgan fingerprint density at radius 1 is 1.80 bits per heavy atom. The van der Waals surface area contributed by atoms with Crippen molar-refractivity contribution in [2.24, 2.45) is 4.99 Å². The molecule has 0 N–H and O–H groups in total. The van der Waals surface area contributed by atoms with Crippen molar-refractivity contribution in [3.63, 3.8) is 0 Å². The van der Waals surface area contributed by atoms with E-state index in [9.17, 15) is 9.59 Å². The van der Waals surface area contributed by atoms with Gasteiger partial charge in [0.15, 0.2) is 18.3 Å². The predicted molar refractivity (Wildman–Crippen MR) is 33.9 cm³/mol. The first kappa shape index (κ1) is 8.59. The van der Waals surface area contributed by atoms with E-state index < -0.39 is 0 Å². The molecule has 0 aromatic rings. The van der Waals surface area contributed by atoms with Crippen LogP contribution in [0.25, 0.3) is 0 Å². The average Bonchev–Trinajstić information content (AvgIpc) is 1.88. The zero-order valence-corrected chi connectivity index (χ0v) is 5.59. The molecule has 0 bridgehead atoms. The minimum absolute atomic E-state index is 0.000926. The van der Waals surface area contributed by atoms with Gasteiger partial charge in [-0.25, -0.2) is 4.79 Å². The molecule has 0 unspecified atom stereocenters. The third kappa shape index (κ3) is 3.57. The second-order valence-corrected chi connectivity index (χ2v) is 1.50. The van der Waals surface area contributed by atoms with Crippen LogP contribution in [0.1, 0.15) is 6.92 Å². The van der Waals surface area contributed by atoms with Crippen molar-refractivity contribution in [3.05, 3.63) is 12.3 Å². The van der Waals surface area contributed by atoms with Crippen LogP contribution >= 0.6 is 0 Å². The number of ketones is 1. The fourth-order valence-electron chi connectivity index (χ4n) is 0.238. The lowest BCUT2D eigenvalue weighted by Crippen LogP contribution is -1.99. The Morgan fingerprint density at radius 2 is 2.40 bits per heavy atom. The molecule has 0 fully saturated rings. The third-order valence-corrected chi connectivity index (χ3v) is 0.761. The molecule has 0 amide bonds. The first-order valence-electron chi connectivity index (χ1n) is 2.54. The molecule has 4 nitrogen and oxygen atoms in total. The van der Waals surface area contributed by atoms with Crippen molar-refractivity contribution in [1.29, 1.82) is 0 Å². The zero-order valence-electron chi connectivity index (χ0n) is 5.59. The van der Waals surface area contributed by atoms with E-state index in [-0.39, 0.29) is 18.3 Å². The number of carbonyl (C=O) groups excluding carboxylic acids is 2. The molecule has 0 aromatic heterocycles. The summed E-state index contributed by atoms with van der Waals surface area (Å²) in [4.78, 5) is 22.9. The number of rotatable bonds is 4. The summed E-state index contributed by atoms with van der Waals surface area (Å²) in [5.41, 5.74) is 0. The van der Waals surface area contributed by atoms with Gasteiger partial charge < -0.3 is 4.74 Å². The monoisotopic (exact) mass is 141 g/mol. The quantitative estimate of drug-likeness (QED) is 0.246. The van der Waals surface area contributed by atoms with E-state index in [1.807, 2.05) is 0 Å². The van der Waals surface area contributed by atoms with E-state index in [0.29, 0.717) is 0 Å². The number of aliphatic imine (C=N–C) groups is 1. The number of allylic oxidation sites excluding steroid dienone is 1. The summed E-state index contributed by atoms with van der Waals surface area (Å²) in [6, 6.07) is 0. The number of ether oxygens (including phenoxy) is 1. The topological polar surface area (TPSA) is 55.7 Å². The Bertz CT molecular complexity index is 191. The second kappa shape index (κ2) is 4.47. The van der Waals surface area contributed by atoms with Gasteiger partial charge in [-0.05, 0) is 0 Å². The largest absolute Gasteiger partial charge is 0.467 e. The summed E-state index contributed by atoms with van der Waals surface area (Å²) in [7, 11) is 0. The molecule has 0 radical (unpaired) electrons. The smallest absolute Gasteiger partial charge is 0.238 e. The molecule has 0 atom stereocenters. The highest BCUT2D eigenvalue weighted by atomic mass is 16.5. The van der Waals surface area contributed by atoms with E-state index >= 15 is 0 Å². The van der Waals surface area contributed by atoms with Crippen LogP contribution in [0.3, 0.4) is 0 Å². The van der Waals surface area contributed by atoms with Crippen LogP contribution in [0, 0.1) is 0 Å². The molecule has 4 heteroatoms. The van der Waals surface area contributed by atoms with Crippen molar-refractivity contribution < 1.29 is 14.3 Å². The summed E-state index contributed by atoms with van der Waals surface area (Å²) in [5, 5.41) is 0. The maximum absolute atomic E-state index is 10.4. The van der Waals surface area contributed by atoms with Gasteiger partial charge in [0.25, 0.3) is 0 Å². The summed E-state index contributed by atoms with van der Waals surface area (Å²) in [5.74, 6) is -0.278. The van der Waals surface area contributed by atoms with Gasteiger partial charge in [0.2, 0.25) is 6.08 Å². The maximum Gasteiger partial charge on any atom is 0.238 e. The van der Waals surface area contributed by atoms with Gasteiger partial charge in [-0.15, -0.1) is 0 Å². The van der Waals surface area contributed by atoms with Gasteiger partial charge in [0.05, 0.1) is 0 Å². The van der Waals surface area contributed by atoms with Gasteiger partial charge in [0, 0.05) is 6.92 Å². The minimum Gasteiger partial charge on any atom is -0.467 e. The first-order valence-corrected chi connectivity index (χ1v) is 2.54. The maximum atomic E-state index is 10.4. The van der Waals surface area contributed by atoms with Crippen molar-refractivity contribution in [1.82, 2.24) is 0 Å². The number of hydrogen-bond donors (Lipinski definition) is 0. The van der Waals surface area contributed by atoms with Crippen molar-refractivity contribution in [2.75, 3.05) is 6.73 Å². The Morgan fingerprint density at radius 3 is 2.80 bits per heavy atom. The highest BCUT2D eigenvalue weighted by Crippen LogP contribution is 1.93. The molecule has 0 rings (SSSR count). The number of hydrogen-bond acceptors (Lipinski definition) is 4. The van der Waals surface area contributed by atoms with Crippen LogP contribution in [-0.2, 0) is 14.3 Å². The third-order valence-electron chi connectivity index (χ3n) is 0.761. The Hall–Kier alpha value is -1.41. The Balaban J connectivity index is 3.60. The van der Waals surface area contributed by atoms with Crippen LogP contribution in [-0.4, -0.2) is 18.6 Å². The number of Topliss-reactive ketones (excluding diaryl/α,β-unsaturated/α-hetero) is 1. The number of carbonyl (C=O) groups is 1. The van der Waals surface area contributed by atoms with E-state index in [1.165, 1.54) is 13.0 Å². The van der Waals surface area contributed by atoms with Crippen molar-refractivity contribution in [3.8, 4) is 0 Å². The molecular weight excluding hydrogens is 134 g/mol. The summed E-state index contributed by atoms with van der Waals surface area (Å²) in [6.45, 7) is 4.38. The zero-order chi connectivity index (χ0) is 7.98. The molecule has 0 spiro atoms. The molecule has 0 aliphatic rings. The van der Waals surface area contributed by atoms with E-state index in [2.05, 4.69) is 16.3 Å². The first-order chi connectivity index (χ1) is 4.68. The van der Waals surface area contributed by atoms with E-state index in [4.69, 9.17) is 0 Å². The highest BCUT2D eigenvalue weighted by molar-refractivity contribution is 5.90. The molecule has 54 valence electrons. The standard InChI is InChI=1S/C6H7NO3/c1-5(9)6(2)10-4-7-3-8/h2,4H2,1H3. The van der Waals surface area contributed by atoms with Crippen LogP contribution < -0.4 is 0 Å². The molecule has 0 aliphatic heterocycles. The number of isocyanates is 1. The predicted octanol–water partition coefficient (Wildman–Crippen LogP) is 0.399. The SMILES string of the molecule is C=C(OCN=C=O)C(C)=O. The fraction of sp³-hybridized carbons (Fsp3) is 0.333. The van der Waals surface area contributed by atoms with Gasteiger partial charge >= 0.3 is 0 Å². The lowest BCUT2D eigenvalue weighted by Gasteiger charge is -1.98. The molecule has 0 aromatic carbocycles. The Kier molecular flexibility index (Phi) is 3.84. The lowest BCUT2D eigenvalue weighted by atomic mass is 10.4. The average molecular weight is 141 g/mol. The normalized spacial score (nSPS) is 7.70. The molecular formula is C6H7NO3. The number of nitrogens with zero attached hydrogens (tertiary/aromatic N) is 1. The van der Waals surface area contributed by atoms with Gasteiger partial charge in [0.1, 0.15) is 0 Å². The van der Waals surface area contributed by atoms with Crippen molar-refractivity contribution in [2.45, 2.75) is 6.92 Å². The fourth-order valence-corrected chi connectivity index (χ4v) is 0.238. The minimum atomic E-state index is -0.277. The van der Waals surface area contributed by atoms with Gasteiger partial charge in [-0.3, -0.25) is 4.79 Å². The molecule has 0 saturated carbocycles. The molecule has 0 heterocycles. The van der Waals surface area contributed by atoms with Crippen LogP contribution in [0.2, 0.25) is 0 Å². The molecule has 0 saturated heterocycles. The van der Waals surface area contributed by atoms with Gasteiger partial charge in [-0.2, -0.15) is 4.99 Å². The van der Waals surface area contributed by atoms with E-state index in [1.54, 1.807) is 0 Å². The highest BCUT2D eigenvalue weighted by Gasteiger charge is 1.98. The van der Waals surface area contributed by atoms with E-state index in [0.717, 1.165) is 0 Å². The molecule has 0 aliphatic carbocycles. The summed E-state index contributed by atoms with van der Waals surface area (Å²) in [6.07, 6.45) is 1.26. The van der Waals surface area contributed by atoms with Crippen LogP contribution in [0.15, 0.2) is 17.3 Å². The van der Waals surface area contributed by atoms with Crippen LogP contribution in [0.5, 0.6) is 0 Å². The van der Waals surface area contributed by atoms with Gasteiger partial charge in [-0.1, -0.05) is 6.58 Å². The summed E-state index contributed by atoms with van der Waals surface area (Å²) < 4.78 is 4.57.